The molecular weight excluding hydrogens is 773 g/mol. The topological polar surface area (TPSA) is 130 Å². The fourth-order valence-corrected chi connectivity index (χ4v) is 5.81. The lowest BCUT2D eigenvalue weighted by atomic mass is 10.0. The number of carbonyl (C=O) groups is 2. The molecule has 6 rings (SSSR count). The number of benzene rings is 4. The maximum absolute atomic E-state index is 13.7. The SMILES string of the molecule is CC(c1c[nH]c(=O)c2cc(F)c(F)cc12)N(C)C(=O)Nc1cc(F)c(F)c(F)c1.CC(c1c[nH]c(=O)c2cc(F)c(F)cc12)N(C)C(=O)Nc1cccc(Cl)c1. The highest BCUT2D eigenvalue weighted by Gasteiger charge is 2.24. The minimum Gasteiger partial charge on any atom is -0.328 e. The molecule has 10 nitrogen and oxygen atoms in total. The number of fused-ring (bicyclic) bond motifs is 2. The molecule has 6 aromatic rings. The van der Waals surface area contributed by atoms with Gasteiger partial charge < -0.3 is 30.4 Å². The normalized spacial score (nSPS) is 12.1. The van der Waals surface area contributed by atoms with E-state index in [0.29, 0.717) is 34.0 Å². The minimum absolute atomic E-state index is 0.0156. The van der Waals surface area contributed by atoms with Crippen molar-refractivity contribution in [2.24, 2.45) is 0 Å². The summed E-state index contributed by atoms with van der Waals surface area (Å²) >= 11 is 5.91. The monoisotopic (exact) mass is 802 g/mol. The Morgan fingerprint density at radius 3 is 1.39 bits per heavy atom. The largest absolute Gasteiger partial charge is 0.328 e. The number of hydrogen-bond donors (Lipinski definition) is 4. The predicted octanol–water partition coefficient (Wildman–Crippen LogP) is 9.13. The van der Waals surface area contributed by atoms with Crippen LogP contribution in [0, 0.1) is 40.7 Å². The Morgan fingerprint density at radius 1 is 0.589 bits per heavy atom. The lowest BCUT2D eigenvalue weighted by molar-refractivity contribution is 0.208. The molecule has 0 saturated carbocycles. The molecule has 2 atom stereocenters. The second kappa shape index (κ2) is 16.6. The Bertz CT molecular complexity index is 2600. The van der Waals surface area contributed by atoms with Crippen LogP contribution in [0.15, 0.2) is 82.6 Å². The van der Waals surface area contributed by atoms with Crippen LogP contribution in [-0.2, 0) is 0 Å². The molecule has 4 N–H and O–H groups in total. The van der Waals surface area contributed by atoms with Crippen molar-refractivity contribution in [1.82, 2.24) is 19.8 Å². The molecule has 292 valence electrons. The van der Waals surface area contributed by atoms with Crippen molar-refractivity contribution in [3.05, 3.63) is 151 Å². The molecule has 2 heterocycles. The molecule has 0 aliphatic carbocycles. The zero-order chi connectivity index (χ0) is 41.2. The van der Waals surface area contributed by atoms with Gasteiger partial charge in [-0.3, -0.25) is 9.59 Å². The molecule has 0 spiro atoms. The van der Waals surface area contributed by atoms with Gasteiger partial charge in [-0.25, -0.2) is 40.3 Å². The third-order valence-electron chi connectivity index (χ3n) is 8.96. The number of pyridine rings is 2. The van der Waals surface area contributed by atoms with Gasteiger partial charge in [0.2, 0.25) is 0 Å². The Hall–Kier alpha value is -6.36. The van der Waals surface area contributed by atoms with Crippen LogP contribution in [0.25, 0.3) is 21.5 Å². The molecule has 0 saturated heterocycles. The summed E-state index contributed by atoms with van der Waals surface area (Å²) in [6.07, 6.45) is 2.66. The Balaban J connectivity index is 0.000000215. The van der Waals surface area contributed by atoms with Gasteiger partial charge in [0.1, 0.15) is 0 Å². The Labute approximate surface area is 317 Å². The third kappa shape index (κ3) is 8.62. The highest BCUT2D eigenvalue weighted by molar-refractivity contribution is 6.30. The van der Waals surface area contributed by atoms with E-state index >= 15 is 0 Å². The fraction of sp³-hybridized carbons (Fsp3) is 0.158. The van der Waals surface area contributed by atoms with Gasteiger partial charge in [0.15, 0.2) is 40.7 Å². The van der Waals surface area contributed by atoms with Crippen molar-refractivity contribution < 1.29 is 40.3 Å². The number of hydrogen-bond acceptors (Lipinski definition) is 4. The van der Waals surface area contributed by atoms with Gasteiger partial charge in [-0.15, -0.1) is 0 Å². The van der Waals surface area contributed by atoms with Crippen LogP contribution in [0.5, 0.6) is 0 Å². The second-order valence-corrected chi connectivity index (χ2v) is 12.9. The summed E-state index contributed by atoms with van der Waals surface area (Å²) in [6, 6.07) is 8.79. The minimum atomic E-state index is -1.67. The highest BCUT2D eigenvalue weighted by Crippen LogP contribution is 2.29. The first-order valence-corrected chi connectivity index (χ1v) is 16.7. The molecule has 0 fully saturated rings. The number of amides is 4. The Morgan fingerprint density at radius 2 is 0.982 bits per heavy atom. The molecule has 0 aliphatic rings. The van der Waals surface area contributed by atoms with Gasteiger partial charge in [-0.1, -0.05) is 17.7 Å². The number of H-pyrrole nitrogens is 2. The van der Waals surface area contributed by atoms with Gasteiger partial charge in [0, 0.05) is 55.0 Å². The number of halogens is 8. The molecule has 0 aliphatic heterocycles. The smallest absolute Gasteiger partial charge is 0.322 e. The van der Waals surface area contributed by atoms with Gasteiger partial charge in [0.25, 0.3) is 11.1 Å². The van der Waals surface area contributed by atoms with Gasteiger partial charge in [-0.2, -0.15) is 0 Å². The molecule has 0 radical (unpaired) electrons. The average molecular weight is 803 g/mol. The van der Waals surface area contributed by atoms with Crippen LogP contribution in [0.4, 0.5) is 51.7 Å². The first-order chi connectivity index (χ1) is 26.4. The number of urea groups is 2. The van der Waals surface area contributed by atoms with Gasteiger partial charge in [0.05, 0.1) is 22.9 Å². The van der Waals surface area contributed by atoms with Crippen molar-refractivity contribution in [1.29, 1.82) is 0 Å². The zero-order valence-corrected chi connectivity index (χ0v) is 30.4. The summed E-state index contributed by atoms with van der Waals surface area (Å²) in [5.74, 6) is -9.14. The lowest BCUT2D eigenvalue weighted by Crippen LogP contribution is -2.34. The van der Waals surface area contributed by atoms with Crippen molar-refractivity contribution in [3.8, 4) is 0 Å². The van der Waals surface area contributed by atoms with Crippen molar-refractivity contribution in [2.75, 3.05) is 24.7 Å². The number of rotatable bonds is 6. The molecular formula is C38H30ClF7N6O4. The quantitative estimate of drug-likeness (QED) is 0.0989. The van der Waals surface area contributed by atoms with Crippen LogP contribution < -0.4 is 21.8 Å². The third-order valence-corrected chi connectivity index (χ3v) is 9.20. The first kappa shape index (κ1) is 40.8. The van der Waals surface area contributed by atoms with E-state index in [2.05, 4.69) is 20.6 Å². The van der Waals surface area contributed by atoms with E-state index in [9.17, 15) is 49.9 Å². The molecule has 0 bridgehead atoms. The van der Waals surface area contributed by atoms with E-state index in [0.717, 1.165) is 29.2 Å². The summed E-state index contributed by atoms with van der Waals surface area (Å²) in [5, 5.41) is 5.65. The standard InChI is InChI=1S/C19H16ClF2N3O2.C19H14F5N3O2/c1-10(25(2)19(27)24-12-5-3-4-11(20)6-12)15-9-23-18(26)14-8-17(22)16(21)7-13(14)15;1-8(12-7-25-18(28)11-6-14(21)13(20)5-10(11)12)27(2)19(29)26-9-3-15(22)17(24)16(23)4-9/h3-10H,1-2H3,(H,23,26)(H,24,27);3-8H,1-2H3,(H,25,28)(H,26,29). The number of anilines is 2. The first-order valence-electron chi connectivity index (χ1n) is 16.4. The average Bonchev–Trinajstić information content (AvgIpc) is 3.15. The summed E-state index contributed by atoms with van der Waals surface area (Å²) in [4.78, 5) is 56.2. The van der Waals surface area contributed by atoms with Gasteiger partial charge >= 0.3 is 12.1 Å². The fourth-order valence-electron chi connectivity index (χ4n) is 5.62. The molecule has 18 heteroatoms. The summed E-state index contributed by atoms with van der Waals surface area (Å²) < 4.78 is 94.1. The second-order valence-electron chi connectivity index (χ2n) is 12.5. The van der Waals surface area contributed by atoms with E-state index in [1.54, 1.807) is 45.2 Å². The molecule has 2 unspecified atom stereocenters. The molecule has 2 aromatic heterocycles. The maximum atomic E-state index is 13.7. The van der Waals surface area contributed by atoms with E-state index < -0.39 is 76.0 Å². The van der Waals surface area contributed by atoms with Crippen LogP contribution >= 0.6 is 11.6 Å². The van der Waals surface area contributed by atoms with Crippen molar-refractivity contribution in [3.63, 3.8) is 0 Å². The number of nitrogens with one attached hydrogen (secondary N) is 4. The molecule has 4 amide bonds. The van der Waals surface area contributed by atoms with E-state index in [-0.39, 0.29) is 27.2 Å². The Kier molecular flexibility index (Phi) is 12.1. The predicted molar refractivity (Wildman–Crippen MR) is 197 cm³/mol. The lowest BCUT2D eigenvalue weighted by Gasteiger charge is -2.26. The van der Waals surface area contributed by atoms with Crippen LogP contribution in [0.3, 0.4) is 0 Å². The summed E-state index contributed by atoms with van der Waals surface area (Å²) in [5.41, 5.74) is -0.194. The summed E-state index contributed by atoms with van der Waals surface area (Å²) in [6.45, 7) is 3.26. The van der Waals surface area contributed by atoms with Crippen LogP contribution in [0.1, 0.15) is 37.1 Å². The summed E-state index contributed by atoms with van der Waals surface area (Å²) in [7, 11) is 2.90. The van der Waals surface area contributed by atoms with E-state index in [1.165, 1.54) is 24.3 Å². The zero-order valence-electron chi connectivity index (χ0n) is 29.6. The van der Waals surface area contributed by atoms with Crippen molar-refractivity contribution in [2.45, 2.75) is 25.9 Å². The number of carbonyl (C=O) groups excluding carboxylic acids is 2. The maximum Gasteiger partial charge on any atom is 0.322 e. The van der Waals surface area contributed by atoms with Crippen molar-refractivity contribution >= 4 is 56.6 Å². The van der Waals surface area contributed by atoms with E-state index in [1.807, 2.05) is 0 Å². The number of aromatic amines is 2. The number of nitrogens with zero attached hydrogens (tertiary/aromatic N) is 2. The van der Waals surface area contributed by atoms with Gasteiger partial charge in [-0.05, 0) is 78.2 Å². The van der Waals surface area contributed by atoms with E-state index in [4.69, 9.17) is 11.6 Å². The molecule has 4 aromatic carbocycles. The molecule has 56 heavy (non-hydrogen) atoms. The highest BCUT2D eigenvalue weighted by atomic mass is 35.5. The van der Waals surface area contributed by atoms with Crippen LogP contribution in [-0.4, -0.2) is 45.9 Å². The van der Waals surface area contributed by atoms with Crippen LogP contribution in [0.2, 0.25) is 5.02 Å². The number of aromatic nitrogens is 2.